The maximum Gasteiger partial charge on any atom is 0.246 e. The van der Waals surface area contributed by atoms with Crippen LogP contribution in [0.2, 0.25) is 0 Å². The maximum absolute atomic E-state index is 11.3. The molecule has 0 heterocycles. The molecule has 0 aliphatic rings. The van der Waals surface area contributed by atoms with Crippen LogP contribution in [0.4, 0.5) is 0 Å². The van der Waals surface area contributed by atoms with Gasteiger partial charge in [-0.15, -0.1) is 0 Å². The van der Waals surface area contributed by atoms with Crippen molar-refractivity contribution in [2.75, 3.05) is 18.5 Å². The van der Waals surface area contributed by atoms with Gasteiger partial charge in [0.25, 0.3) is 0 Å². The third kappa shape index (κ3) is 8.88. The van der Waals surface area contributed by atoms with Gasteiger partial charge < -0.3 is 10.1 Å². The van der Waals surface area contributed by atoms with Gasteiger partial charge >= 0.3 is 0 Å². The van der Waals surface area contributed by atoms with Crippen LogP contribution in [0.25, 0.3) is 0 Å². The highest BCUT2D eigenvalue weighted by molar-refractivity contribution is 9.09. The third-order valence-corrected chi connectivity index (χ3v) is 2.69. The summed E-state index contributed by atoms with van der Waals surface area (Å²) >= 11 is 3.41. The lowest BCUT2D eigenvalue weighted by Gasteiger charge is -2.14. The van der Waals surface area contributed by atoms with E-state index in [1.807, 2.05) is 13.8 Å². The average Bonchev–Trinajstić information content (AvgIpc) is 2.21. The van der Waals surface area contributed by atoms with Crippen molar-refractivity contribution in [1.29, 1.82) is 0 Å². The Kier molecular flexibility index (Phi) is 9.10. The molecular formula is C11H22BrNO2. The smallest absolute Gasteiger partial charge is 0.246 e. The Balaban J connectivity index is 3.59. The van der Waals surface area contributed by atoms with E-state index in [-0.39, 0.29) is 18.6 Å². The van der Waals surface area contributed by atoms with E-state index in [4.69, 9.17) is 4.74 Å². The molecule has 0 aromatic carbocycles. The Morgan fingerprint density at radius 3 is 2.60 bits per heavy atom. The number of rotatable bonds is 8. The monoisotopic (exact) mass is 279 g/mol. The molecule has 0 fully saturated rings. The predicted octanol–water partition coefficient (Wildman–Crippen LogP) is 2.34. The van der Waals surface area contributed by atoms with E-state index in [1.54, 1.807) is 0 Å². The molecule has 0 saturated heterocycles. The van der Waals surface area contributed by atoms with Crippen molar-refractivity contribution in [3.8, 4) is 0 Å². The first kappa shape index (κ1) is 14.9. The summed E-state index contributed by atoms with van der Waals surface area (Å²) < 4.78 is 5.21. The highest BCUT2D eigenvalue weighted by Gasteiger charge is 2.08. The van der Waals surface area contributed by atoms with Gasteiger partial charge in [0.05, 0.1) is 6.10 Å². The molecular weight excluding hydrogens is 258 g/mol. The molecule has 0 rings (SSSR count). The van der Waals surface area contributed by atoms with E-state index < -0.39 is 0 Å². The van der Waals surface area contributed by atoms with Gasteiger partial charge in [0.1, 0.15) is 6.61 Å². The van der Waals surface area contributed by atoms with Crippen LogP contribution in [0.15, 0.2) is 0 Å². The minimum Gasteiger partial charge on any atom is -0.369 e. The zero-order chi connectivity index (χ0) is 11.7. The molecule has 0 saturated carbocycles. The standard InChI is InChI=1S/C11H22BrNO2/c1-4-10(5-6-12)7-13-11(14)8-15-9(2)3/h9-10H,4-8H2,1-3H3,(H,13,14). The van der Waals surface area contributed by atoms with Crippen LogP contribution in [0, 0.1) is 5.92 Å². The summed E-state index contributed by atoms with van der Waals surface area (Å²) in [7, 11) is 0. The lowest BCUT2D eigenvalue weighted by atomic mass is 10.0. The molecule has 3 nitrogen and oxygen atoms in total. The van der Waals surface area contributed by atoms with E-state index in [0.717, 1.165) is 24.7 Å². The quantitative estimate of drug-likeness (QED) is 0.693. The second kappa shape index (κ2) is 9.16. The minimum atomic E-state index is -0.0169. The molecule has 0 aromatic heterocycles. The highest BCUT2D eigenvalue weighted by atomic mass is 79.9. The van der Waals surface area contributed by atoms with E-state index in [2.05, 4.69) is 28.2 Å². The molecule has 1 N–H and O–H groups in total. The fraction of sp³-hybridized carbons (Fsp3) is 0.909. The molecule has 1 atom stereocenters. The lowest BCUT2D eigenvalue weighted by molar-refractivity contribution is -0.127. The summed E-state index contributed by atoms with van der Waals surface area (Å²) in [5, 5.41) is 3.88. The van der Waals surface area contributed by atoms with Crippen LogP contribution >= 0.6 is 15.9 Å². The third-order valence-electron chi connectivity index (χ3n) is 2.23. The lowest BCUT2D eigenvalue weighted by Crippen LogP contribution is -2.33. The van der Waals surface area contributed by atoms with Gasteiger partial charge in [-0.05, 0) is 26.2 Å². The molecule has 90 valence electrons. The first-order chi connectivity index (χ1) is 7.10. The number of carbonyl (C=O) groups is 1. The van der Waals surface area contributed by atoms with Crippen molar-refractivity contribution in [2.24, 2.45) is 5.92 Å². The summed E-state index contributed by atoms with van der Waals surface area (Å²) in [6, 6.07) is 0. The van der Waals surface area contributed by atoms with E-state index in [1.165, 1.54) is 0 Å². The van der Waals surface area contributed by atoms with E-state index >= 15 is 0 Å². The summed E-state index contributed by atoms with van der Waals surface area (Å²) in [6.07, 6.45) is 2.30. The van der Waals surface area contributed by atoms with Crippen LogP contribution in [0.3, 0.4) is 0 Å². The Morgan fingerprint density at radius 1 is 1.47 bits per heavy atom. The Hall–Kier alpha value is -0.0900. The zero-order valence-corrected chi connectivity index (χ0v) is 11.5. The van der Waals surface area contributed by atoms with Crippen molar-refractivity contribution < 1.29 is 9.53 Å². The summed E-state index contributed by atoms with van der Waals surface area (Å²) in [5.74, 6) is 0.545. The van der Waals surface area contributed by atoms with Crippen molar-refractivity contribution in [3.63, 3.8) is 0 Å². The molecule has 0 aromatic rings. The SMILES string of the molecule is CCC(CCBr)CNC(=O)COC(C)C. The number of nitrogens with one attached hydrogen (secondary N) is 1. The first-order valence-electron chi connectivity index (χ1n) is 5.54. The number of ether oxygens (including phenoxy) is 1. The number of halogens is 1. The van der Waals surface area contributed by atoms with Gasteiger partial charge in [0.15, 0.2) is 0 Å². The molecule has 0 aliphatic carbocycles. The van der Waals surface area contributed by atoms with E-state index in [9.17, 15) is 4.79 Å². The highest BCUT2D eigenvalue weighted by Crippen LogP contribution is 2.08. The molecule has 0 radical (unpaired) electrons. The average molecular weight is 280 g/mol. The van der Waals surface area contributed by atoms with Crippen molar-refractivity contribution in [1.82, 2.24) is 5.32 Å². The van der Waals surface area contributed by atoms with Gasteiger partial charge in [-0.3, -0.25) is 4.79 Å². The Bertz CT molecular complexity index is 174. The van der Waals surface area contributed by atoms with Gasteiger partial charge in [-0.1, -0.05) is 29.3 Å². The van der Waals surface area contributed by atoms with Crippen LogP contribution in [-0.2, 0) is 9.53 Å². The largest absolute Gasteiger partial charge is 0.369 e. The van der Waals surface area contributed by atoms with Crippen LogP contribution in [0.1, 0.15) is 33.6 Å². The molecule has 0 bridgehead atoms. The van der Waals surface area contributed by atoms with Crippen molar-refractivity contribution in [2.45, 2.75) is 39.7 Å². The van der Waals surface area contributed by atoms with Crippen molar-refractivity contribution in [3.05, 3.63) is 0 Å². The van der Waals surface area contributed by atoms with Crippen molar-refractivity contribution >= 4 is 21.8 Å². The maximum atomic E-state index is 11.3. The fourth-order valence-electron chi connectivity index (χ4n) is 1.16. The summed E-state index contributed by atoms with van der Waals surface area (Å²) in [6.45, 7) is 6.91. The predicted molar refractivity (Wildman–Crippen MR) is 66.3 cm³/mol. The van der Waals surface area contributed by atoms with Gasteiger partial charge in [0, 0.05) is 11.9 Å². The van der Waals surface area contributed by atoms with Crippen LogP contribution in [0.5, 0.6) is 0 Å². The molecule has 0 spiro atoms. The van der Waals surface area contributed by atoms with Crippen LogP contribution in [-0.4, -0.2) is 30.5 Å². The first-order valence-corrected chi connectivity index (χ1v) is 6.66. The normalized spacial score (nSPS) is 12.9. The number of hydrogen-bond donors (Lipinski definition) is 1. The van der Waals surface area contributed by atoms with Gasteiger partial charge in [-0.25, -0.2) is 0 Å². The Labute approximate surface area is 101 Å². The van der Waals surface area contributed by atoms with Crippen LogP contribution < -0.4 is 5.32 Å². The topological polar surface area (TPSA) is 38.3 Å². The second-order valence-corrected chi connectivity index (χ2v) is 4.71. The molecule has 0 aliphatic heterocycles. The summed E-state index contributed by atoms with van der Waals surface area (Å²) in [5.41, 5.74) is 0. The summed E-state index contributed by atoms with van der Waals surface area (Å²) in [4.78, 5) is 11.3. The number of amides is 1. The second-order valence-electron chi connectivity index (χ2n) is 3.92. The number of carbonyl (C=O) groups excluding carboxylic acids is 1. The number of alkyl halides is 1. The Morgan fingerprint density at radius 2 is 2.13 bits per heavy atom. The van der Waals surface area contributed by atoms with E-state index in [0.29, 0.717) is 5.92 Å². The molecule has 4 heteroatoms. The fourth-order valence-corrected chi connectivity index (χ4v) is 1.80. The molecule has 1 amide bonds. The minimum absolute atomic E-state index is 0.0169. The van der Waals surface area contributed by atoms with Gasteiger partial charge in [0.2, 0.25) is 5.91 Å². The van der Waals surface area contributed by atoms with Gasteiger partial charge in [-0.2, -0.15) is 0 Å². The number of hydrogen-bond acceptors (Lipinski definition) is 2. The molecule has 15 heavy (non-hydrogen) atoms. The molecule has 1 unspecified atom stereocenters. The zero-order valence-electron chi connectivity index (χ0n) is 9.88.